The second-order valence-electron chi connectivity index (χ2n) is 3.63. The number of aryl methyl sites for hydroxylation is 1. The maximum Gasteiger partial charge on any atom is 0.321 e. The van der Waals surface area contributed by atoms with Gasteiger partial charge < -0.3 is 8.85 Å². The summed E-state index contributed by atoms with van der Waals surface area (Å²) in [6.07, 6.45) is 0.661. The Morgan fingerprint density at radius 1 is 1.06 bits per heavy atom. The largest absolute Gasteiger partial charge is 0.397 e. The minimum Gasteiger partial charge on any atom is -0.397 e. The average molecular weight is 260 g/mol. The summed E-state index contributed by atoms with van der Waals surface area (Å²) in [7, 11) is -1.65. The maximum absolute atomic E-state index is 13.0. The van der Waals surface area contributed by atoms with E-state index in [4.69, 9.17) is 8.85 Å². The van der Waals surface area contributed by atoms with Crippen LogP contribution in [0.2, 0.25) is 6.04 Å². The highest BCUT2D eigenvalue weighted by atomic mass is 28.3. The van der Waals surface area contributed by atoms with E-state index in [1.54, 1.807) is 6.07 Å². The van der Waals surface area contributed by atoms with Gasteiger partial charge in [-0.1, -0.05) is 6.07 Å². The van der Waals surface area contributed by atoms with Crippen molar-refractivity contribution in [2.75, 3.05) is 13.2 Å². The molecule has 5 heteroatoms. The smallest absolute Gasteiger partial charge is 0.321 e. The molecule has 0 heterocycles. The van der Waals surface area contributed by atoms with Gasteiger partial charge in [0, 0.05) is 13.2 Å². The van der Waals surface area contributed by atoms with Crippen LogP contribution in [-0.2, 0) is 15.3 Å². The first-order chi connectivity index (χ1) is 8.17. The standard InChI is InChI=1S/C12H18F2O2Si/c1-3-15-17(16-4-2)8-7-10-5-6-11(13)12(14)9-10/h5-6,9,17H,3-4,7-8H2,1-2H3. The molecule has 0 spiro atoms. The van der Waals surface area contributed by atoms with Crippen LogP contribution in [0, 0.1) is 11.6 Å². The fourth-order valence-corrected chi connectivity index (χ4v) is 3.31. The van der Waals surface area contributed by atoms with Crippen molar-refractivity contribution in [1.29, 1.82) is 0 Å². The Hall–Kier alpha value is -0.783. The monoisotopic (exact) mass is 260 g/mol. The molecule has 1 rings (SSSR count). The zero-order valence-electron chi connectivity index (χ0n) is 10.2. The minimum atomic E-state index is -1.65. The molecule has 0 amide bonds. The molecule has 0 atom stereocenters. The van der Waals surface area contributed by atoms with Crippen LogP contribution < -0.4 is 0 Å². The van der Waals surface area contributed by atoms with Crippen LogP contribution in [-0.4, -0.2) is 22.5 Å². The third-order valence-electron chi connectivity index (χ3n) is 2.36. The van der Waals surface area contributed by atoms with Crippen molar-refractivity contribution in [1.82, 2.24) is 0 Å². The van der Waals surface area contributed by atoms with Crippen LogP contribution in [0.25, 0.3) is 0 Å². The molecule has 0 aromatic heterocycles. The molecule has 0 saturated heterocycles. The van der Waals surface area contributed by atoms with Gasteiger partial charge in [-0.25, -0.2) is 8.78 Å². The lowest BCUT2D eigenvalue weighted by atomic mass is 10.2. The van der Waals surface area contributed by atoms with Gasteiger partial charge in [-0.2, -0.15) is 0 Å². The van der Waals surface area contributed by atoms with Crippen molar-refractivity contribution in [3.05, 3.63) is 35.4 Å². The lowest BCUT2D eigenvalue weighted by Crippen LogP contribution is -2.23. The lowest BCUT2D eigenvalue weighted by molar-refractivity contribution is 0.213. The van der Waals surface area contributed by atoms with Gasteiger partial charge >= 0.3 is 9.28 Å². The number of hydrogen-bond donors (Lipinski definition) is 0. The zero-order valence-corrected chi connectivity index (χ0v) is 11.4. The molecule has 1 aromatic carbocycles. The molecule has 0 unspecified atom stereocenters. The molecule has 0 aliphatic rings. The molecule has 1 aromatic rings. The lowest BCUT2D eigenvalue weighted by Gasteiger charge is -2.14. The Bertz CT molecular complexity index is 341. The summed E-state index contributed by atoms with van der Waals surface area (Å²) in [5, 5.41) is 0. The van der Waals surface area contributed by atoms with Gasteiger partial charge in [-0.15, -0.1) is 0 Å². The van der Waals surface area contributed by atoms with Crippen LogP contribution in [0.5, 0.6) is 0 Å². The highest BCUT2D eigenvalue weighted by Crippen LogP contribution is 2.12. The van der Waals surface area contributed by atoms with Crippen molar-refractivity contribution in [3.8, 4) is 0 Å². The quantitative estimate of drug-likeness (QED) is 0.702. The Kier molecular flexibility index (Phi) is 6.32. The highest BCUT2D eigenvalue weighted by Gasteiger charge is 2.12. The van der Waals surface area contributed by atoms with Crippen molar-refractivity contribution in [2.45, 2.75) is 26.3 Å². The van der Waals surface area contributed by atoms with Crippen molar-refractivity contribution >= 4 is 9.28 Å². The van der Waals surface area contributed by atoms with Gasteiger partial charge in [-0.3, -0.25) is 0 Å². The fourth-order valence-electron chi connectivity index (χ4n) is 1.57. The Morgan fingerprint density at radius 2 is 1.71 bits per heavy atom. The molecule has 0 aliphatic carbocycles. The zero-order chi connectivity index (χ0) is 12.7. The molecule has 0 N–H and O–H groups in total. The summed E-state index contributed by atoms with van der Waals surface area (Å²) < 4.78 is 36.7. The molecule has 0 bridgehead atoms. The van der Waals surface area contributed by atoms with Crippen molar-refractivity contribution in [3.63, 3.8) is 0 Å². The predicted octanol–water partition coefficient (Wildman–Crippen LogP) is 2.80. The number of rotatable bonds is 7. The van der Waals surface area contributed by atoms with E-state index in [1.165, 1.54) is 6.07 Å². The first kappa shape index (κ1) is 14.3. The van der Waals surface area contributed by atoms with E-state index in [2.05, 4.69) is 0 Å². The van der Waals surface area contributed by atoms with Gasteiger partial charge in [0.15, 0.2) is 11.6 Å². The van der Waals surface area contributed by atoms with Gasteiger partial charge in [-0.05, 0) is 44.0 Å². The SMILES string of the molecule is CCO[SiH](CCc1ccc(F)c(F)c1)OCC. The molecule has 0 radical (unpaired) electrons. The van der Waals surface area contributed by atoms with Crippen LogP contribution in [0.1, 0.15) is 19.4 Å². The minimum absolute atomic E-state index is 0.634. The molecule has 0 fully saturated rings. The van der Waals surface area contributed by atoms with Gasteiger partial charge in [0.25, 0.3) is 0 Å². The Balaban J connectivity index is 2.49. The van der Waals surface area contributed by atoms with Crippen LogP contribution >= 0.6 is 0 Å². The van der Waals surface area contributed by atoms with E-state index >= 15 is 0 Å². The highest BCUT2D eigenvalue weighted by molar-refractivity contribution is 6.44. The first-order valence-electron chi connectivity index (χ1n) is 5.84. The van der Waals surface area contributed by atoms with Gasteiger partial charge in [0.2, 0.25) is 0 Å². The van der Waals surface area contributed by atoms with Gasteiger partial charge in [0.1, 0.15) is 0 Å². The van der Waals surface area contributed by atoms with E-state index in [-0.39, 0.29) is 0 Å². The molecular weight excluding hydrogens is 242 g/mol. The summed E-state index contributed by atoms with van der Waals surface area (Å²) in [5.41, 5.74) is 0.779. The van der Waals surface area contributed by atoms with Crippen LogP contribution in [0.4, 0.5) is 8.78 Å². The van der Waals surface area contributed by atoms with E-state index in [9.17, 15) is 8.78 Å². The predicted molar refractivity (Wildman–Crippen MR) is 65.3 cm³/mol. The molecule has 0 aliphatic heterocycles. The third kappa shape index (κ3) is 4.93. The summed E-state index contributed by atoms with van der Waals surface area (Å²) in [5.74, 6) is -1.61. The van der Waals surface area contributed by atoms with E-state index < -0.39 is 20.9 Å². The van der Waals surface area contributed by atoms with Crippen LogP contribution in [0.3, 0.4) is 0 Å². The second kappa shape index (κ2) is 7.52. The summed E-state index contributed by atoms with van der Waals surface area (Å²) in [6, 6.07) is 4.76. The van der Waals surface area contributed by atoms with E-state index in [1.807, 2.05) is 13.8 Å². The second-order valence-corrected chi connectivity index (χ2v) is 5.73. The molecule has 0 saturated carbocycles. The fraction of sp³-hybridized carbons (Fsp3) is 0.500. The summed E-state index contributed by atoms with van der Waals surface area (Å²) in [6.45, 7) is 5.12. The summed E-state index contributed by atoms with van der Waals surface area (Å²) >= 11 is 0. The summed E-state index contributed by atoms with van der Waals surface area (Å²) in [4.78, 5) is 0. The van der Waals surface area contributed by atoms with E-state index in [0.717, 1.165) is 17.7 Å². The molecular formula is C12H18F2O2Si. The van der Waals surface area contributed by atoms with Crippen molar-refractivity contribution in [2.24, 2.45) is 0 Å². The number of hydrogen-bond acceptors (Lipinski definition) is 2. The third-order valence-corrected chi connectivity index (χ3v) is 4.53. The van der Waals surface area contributed by atoms with Gasteiger partial charge in [0.05, 0.1) is 0 Å². The maximum atomic E-state index is 13.0. The number of benzene rings is 1. The topological polar surface area (TPSA) is 18.5 Å². The molecule has 96 valence electrons. The number of halogens is 2. The van der Waals surface area contributed by atoms with Crippen LogP contribution in [0.15, 0.2) is 18.2 Å². The Morgan fingerprint density at radius 3 is 2.24 bits per heavy atom. The van der Waals surface area contributed by atoms with E-state index in [0.29, 0.717) is 19.6 Å². The normalized spacial score (nSPS) is 11.1. The molecule has 17 heavy (non-hydrogen) atoms. The first-order valence-corrected chi connectivity index (χ1v) is 7.60. The molecule has 2 nitrogen and oxygen atoms in total. The van der Waals surface area contributed by atoms with Crippen molar-refractivity contribution < 1.29 is 17.6 Å². The average Bonchev–Trinajstić information content (AvgIpc) is 2.31. The Labute approximate surface area is 102 Å².